The SMILES string of the molecule is C=CN(C=C)c1cccc2c(S(=O)(=O)Nc3ccc([C@H]4CN(c5nc(-c6ccncn6)cc(=O)n5C=C)CCO4)cc3)cccc12. The third-order valence-electron chi connectivity index (χ3n) is 7.66. The molecule has 1 saturated heterocycles. The Morgan fingerprint density at radius 2 is 1.72 bits per heavy atom. The van der Waals surface area contributed by atoms with Crippen LogP contribution in [0.2, 0.25) is 0 Å². The van der Waals surface area contributed by atoms with E-state index in [1.807, 2.05) is 29.2 Å². The Morgan fingerprint density at radius 1 is 0.957 bits per heavy atom. The molecule has 2 aromatic heterocycles. The number of aromatic nitrogens is 4. The van der Waals surface area contributed by atoms with E-state index in [9.17, 15) is 13.2 Å². The lowest BCUT2D eigenvalue weighted by atomic mass is 10.1. The largest absolute Gasteiger partial charge is 0.370 e. The summed E-state index contributed by atoms with van der Waals surface area (Å²) in [6.07, 6.45) is 7.31. The molecule has 0 spiro atoms. The average molecular weight is 634 g/mol. The number of rotatable bonds is 10. The highest BCUT2D eigenvalue weighted by atomic mass is 32.2. The fraction of sp³-hybridized carbons (Fsp3) is 0.118. The summed E-state index contributed by atoms with van der Waals surface area (Å²) in [7, 11) is -3.94. The lowest BCUT2D eigenvalue weighted by Gasteiger charge is -2.34. The van der Waals surface area contributed by atoms with Gasteiger partial charge in [-0.2, -0.15) is 0 Å². The van der Waals surface area contributed by atoms with Gasteiger partial charge < -0.3 is 14.5 Å². The van der Waals surface area contributed by atoms with Gasteiger partial charge in [0.15, 0.2) is 0 Å². The molecule has 3 heterocycles. The van der Waals surface area contributed by atoms with Gasteiger partial charge in [0.2, 0.25) is 5.95 Å². The van der Waals surface area contributed by atoms with Crippen LogP contribution in [0.5, 0.6) is 0 Å². The second kappa shape index (κ2) is 12.8. The topological polar surface area (TPSA) is 123 Å². The van der Waals surface area contributed by atoms with Crippen LogP contribution in [-0.4, -0.2) is 47.6 Å². The van der Waals surface area contributed by atoms with Crippen molar-refractivity contribution in [1.82, 2.24) is 19.5 Å². The van der Waals surface area contributed by atoms with Crippen molar-refractivity contribution in [1.29, 1.82) is 0 Å². The fourth-order valence-corrected chi connectivity index (χ4v) is 6.73. The third kappa shape index (κ3) is 5.91. The molecule has 0 bridgehead atoms. The molecule has 3 aromatic carbocycles. The first-order valence-corrected chi connectivity index (χ1v) is 15.9. The van der Waals surface area contributed by atoms with E-state index in [1.54, 1.807) is 66.0 Å². The van der Waals surface area contributed by atoms with Crippen LogP contribution in [-0.2, 0) is 14.8 Å². The highest BCUT2D eigenvalue weighted by molar-refractivity contribution is 7.93. The number of sulfonamides is 1. The molecular formula is C34H31N7O4S. The number of benzene rings is 3. The summed E-state index contributed by atoms with van der Waals surface area (Å²) in [5, 5.41) is 1.32. The number of anilines is 3. The maximum atomic E-state index is 13.6. The van der Waals surface area contributed by atoms with E-state index in [1.165, 1.54) is 23.2 Å². The molecule has 6 rings (SSSR count). The molecule has 1 fully saturated rings. The molecule has 5 aromatic rings. The quantitative estimate of drug-likeness (QED) is 0.215. The molecular weight excluding hydrogens is 602 g/mol. The van der Waals surface area contributed by atoms with Crippen molar-refractivity contribution in [2.45, 2.75) is 11.0 Å². The van der Waals surface area contributed by atoms with E-state index in [2.05, 4.69) is 34.4 Å². The maximum Gasteiger partial charge on any atom is 0.262 e. The lowest BCUT2D eigenvalue weighted by molar-refractivity contribution is 0.0391. The molecule has 12 heteroatoms. The van der Waals surface area contributed by atoms with Gasteiger partial charge in [0.25, 0.3) is 15.6 Å². The number of nitrogens with one attached hydrogen (secondary N) is 1. The minimum atomic E-state index is -3.94. The summed E-state index contributed by atoms with van der Waals surface area (Å²) in [6.45, 7) is 12.7. The van der Waals surface area contributed by atoms with E-state index in [4.69, 9.17) is 9.72 Å². The maximum absolute atomic E-state index is 13.6. The molecule has 0 unspecified atom stereocenters. The number of nitrogens with zero attached hydrogens (tertiary/aromatic N) is 6. The molecule has 232 valence electrons. The van der Waals surface area contributed by atoms with Gasteiger partial charge >= 0.3 is 0 Å². The van der Waals surface area contributed by atoms with Crippen LogP contribution in [0, 0.1) is 0 Å². The first-order chi connectivity index (χ1) is 22.3. The van der Waals surface area contributed by atoms with Gasteiger partial charge in [-0.15, -0.1) is 0 Å². The van der Waals surface area contributed by atoms with Crippen molar-refractivity contribution in [3.8, 4) is 11.4 Å². The Bertz CT molecular complexity index is 2090. The summed E-state index contributed by atoms with van der Waals surface area (Å²) in [4.78, 5) is 29.7. The molecule has 46 heavy (non-hydrogen) atoms. The summed E-state index contributed by atoms with van der Waals surface area (Å²) >= 11 is 0. The monoisotopic (exact) mass is 633 g/mol. The van der Waals surface area contributed by atoms with Gasteiger partial charge in [0.1, 0.15) is 12.4 Å². The van der Waals surface area contributed by atoms with Gasteiger partial charge in [-0.05, 0) is 35.9 Å². The van der Waals surface area contributed by atoms with Crippen LogP contribution < -0.4 is 20.1 Å². The highest BCUT2D eigenvalue weighted by Gasteiger charge is 2.26. The first kappa shape index (κ1) is 30.4. The predicted octanol–water partition coefficient (Wildman–Crippen LogP) is 5.43. The Kier molecular flexibility index (Phi) is 8.47. The van der Waals surface area contributed by atoms with Crippen LogP contribution in [0.1, 0.15) is 11.7 Å². The van der Waals surface area contributed by atoms with Gasteiger partial charge in [0.05, 0.1) is 35.1 Å². The molecule has 1 aliphatic rings. The normalized spacial score (nSPS) is 14.9. The van der Waals surface area contributed by atoms with E-state index in [0.717, 1.165) is 16.6 Å². The molecule has 0 radical (unpaired) electrons. The van der Waals surface area contributed by atoms with E-state index < -0.39 is 10.0 Å². The average Bonchev–Trinajstić information content (AvgIpc) is 3.09. The standard InChI is InChI=1S/C34H31N7O4S/c1-4-39(5-2)30-11-7-10-27-26(30)9-8-12-32(27)46(43,44)38-25-15-13-24(14-16-25)31-22-40(19-20-45-31)34-37-29(21-33(42)41(34)6-3)28-17-18-35-23-36-28/h4-18,21,23,31,38H,1-3,19-20,22H2/t31-/m1/s1. The molecule has 1 N–H and O–H groups in total. The highest BCUT2D eigenvalue weighted by Crippen LogP contribution is 2.33. The van der Waals surface area contributed by atoms with Gasteiger partial charge in [-0.25, -0.2) is 23.4 Å². The van der Waals surface area contributed by atoms with Crippen molar-refractivity contribution in [3.63, 3.8) is 0 Å². The number of fused-ring (bicyclic) bond motifs is 1. The summed E-state index contributed by atoms with van der Waals surface area (Å²) in [6, 6.07) is 20.8. The number of hydrogen-bond donors (Lipinski definition) is 1. The predicted molar refractivity (Wildman–Crippen MR) is 181 cm³/mol. The van der Waals surface area contributed by atoms with Crippen LogP contribution in [0.25, 0.3) is 28.4 Å². The van der Waals surface area contributed by atoms with Gasteiger partial charge in [0, 0.05) is 53.9 Å². The van der Waals surface area contributed by atoms with E-state index in [-0.39, 0.29) is 16.6 Å². The number of morpholine rings is 1. The minimum absolute atomic E-state index is 0.153. The smallest absolute Gasteiger partial charge is 0.262 e. The Labute approximate surface area is 266 Å². The summed E-state index contributed by atoms with van der Waals surface area (Å²) in [5.41, 5.74) is 2.70. The van der Waals surface area contributed by atoms with Crippen molar-refractivity contribution in [2.75, 3.05) is 34.2 Å². The first-order valence-electron chi connectivity index (χ1n) is 14.4. The molecule has 1 aliphatic heterocycles. The zero-order valence-electron chi connectivity index (χ0n) is 24.9. The molecule has 11 nitrogen and oxygen atoms in total. The lowest BCUT2D eigenvalue weighted by Crippen LogP contribution is -2.41. The fourth-order valence-electron chi connectivity index (χ4n) is 5.45. The van der Waals surface area contributed by atoms with Gasteiger partial charge in [-0.1, -0.05) is 56.1 Å². The van der Waals surface area contributed by atoms with Crippen molar-refractivity contribution < 1.29 is 13.2 Å². The van der Waals surface area contributed by atoms with E-state index >= 15 is 0 Å². The summed E-state index contributed by atoms with van der Waals surface area (Å²) < 4.78 is 37.4. The van der Waals surface area contributed by atoms with Crippen LogP contribution in [0.15, 0.2) is 127 Å². The van der Waals surface area contributed by atoms with E-state index in [0.29, 0.717) is 48.1 Å². The molecule has 0 amide bonds. The van der Waals surface area contributed by atoms with Gasteiger partial charge in [-0.3, -0.25) is 14.1 Å². The Morgan fingerprint density at radius 3 is 2.43 bits per heavy atom. The Hall–Kier alpha value is -5.59. The number of ether oxygens (including phenoxy) is 1. The van der Waals surface area contributed by atoms with Crippen molar-refractivity contribution in [3.05, 3.63) is 133 Å². The second-order valence-electron chi connectivity index (χ2n) is 10.4. The Balaban J connectivity index is 1.23. The zero-order chi connectivity index (χ0) is 32.3. The second-order valence-corrected chi connectivity index (χ2v) is 12.0. The van der Waals surface area contributed by atoms with Crippen LogP contribution in [0.3, 0.4) is 0 Å². The third-order valence-corrected chi connectivity index (χ3v) is 9.10. The molecule has 0 aliphatic carbocycles. The van der Waals surface area contributed by atoms with Crippen LogP contribution in [0.4, 0.5) is 17.3 Å². The molecule has 1 atom stereocenters. The minimum Gasteiger partial charge on any atom is -0.370 e. The molecule has 0 saturated carbocycles. The zero-order valence-corrected chi connectivity index (χ0v) is 25.7. The van der Waals surface area contributed by atoms with Crippen LogP contribution >= 0.6 is 0 Å². The summed E-state index contributed by atoms with van der Waals surface area (Å²) in [5.74, 6) is 0.427. The van der Waals surface area contributed by atoms with Crippen molar-refractivity contribution in [2.24, 2.45) is 0 Å². The van der Waals surface area contributed by atoms with Crippen molar-refractivity contribution >= 4 is 44.3 Å². The number of hydrogen-bond acceptors (Lipinski definition) is 9.